The number of fused-ring (bicyclic) bond motifs is 3. The van der Waals surface area contributed by atoms with Gasteiger partial charge >= 0.3 is 5.97 Å². The average Bonchev–Trinajstić information content (AvgIpc) is 3.32. The molecule has 0 aliphatic rings. The molecule has 0 radical (unpaired) electrons. The molecular weight excluding hydrogens is 520 g/mol. The smallest absolute Gasteiger partial charge is 0.335 e. The molecule has 6 heteroatoms. The number of hydrogen-bond acceptors (Lipinski definition) is 5. The molecule has 1 aromatic heterocycles. The summed E-state index contributed by atoms with van der Waals surface area (Å²) in [6.07, 6.45) is 2.99. The minimum Gasteiger partial charge on any atom is -0.490 e. The van der Waals surface area contributed by atoms with Crippen molar-refractivity contribution >= 4 is 37.5 Å². The summed E-state index contributed by atoms with van der Waals surface area (Å²) in [7, 11) is 0. The maximum Gasteiger partial charge on any atom is 0.335 e. The van der Waals surface area contributed by atoms with Crippen LogP contribution in [0.4, 0.5) is 0 Å². The Kier molecular flexibility index (Phi) is 8.38. The van der Waals surface area contributed by atoms with Crippen molar-refractivity contribution in [1.82, 2.24) is 0 Å². The number of aliphatic hydroxyl groups excluding tert-OH is 1. The summed E-state index contributed by atoms with van der Waals surface area (Å²) in [5, 5.41) is 22.0. The Morgan fingerprint density at radius 3 is 2.27 bits per heavy atom. The predicted molar refractivity (Wildman–Crippen MR) is 162 cm³/mol. The fourth-order valence-corrected chi connectivity index (χ4v) is 6.19. The van der Waals surface area contributed by atoms with Crippen LogP contribution >= 0.6 is 11.3 Å². The second kappa shape index (κ2) is 12.1. The molecule has 0 aliphatic carbocycles. The molecule has 4 aromatic carbocycles. The highest BCUT2D eigenvalue weighted by atomic mass is 32.1. The number of rotatable bonds is 12. The number of ether oxygens (including phenoxy) is 2. The highest BCUT2D eigenvalue weighted by Gasteiger charge is 2.20. The van der Waals surface area contributed by atoms with Gasteiger partial charge in [0, 0.05) is 20.2 Å². The monoisotopic (exact) mass is 554 g/mol. The Bertz CT molecular complexity index is 1590. The molecule has 0 unspecified atom stereocenters. The second-order valence-corrected chi connectivity index (χ2v) is 12.1. The molecule has 0 bridgehead atoms. The lowest BCUT2D eigenvalue weighted by Crippen LogP contribution is -2.20. The number of hydrogen-bond donors (Lipinski definition) is 2. The Morgan fingerprint density at radius 2 is 1.55 bits per heavy atom. The summed E-state index contributed by atoms with van der Waals surface area (Å²) in [5.74, 6) is 1.18. The zero-order valence-electron chi connectivity index (χ0n) is 22.8. The van der Waals surface area contributed by atoms with Gasteiger partial charge in [-0.05, 0) is 84.8 Å². The van der Waals surface area contributed by atoms with Gasteiger partial charge in [-0.15, -0.1) is 11.3 Å². The standard InChI is InChI=1S/C34H34O5S/c1-34(2,21-23-12-16-26(17-13-23)39-27-18-14-24(15-19-27)33(36)37)20-6-7-25(35)22-38-29-9-5-11-31-32(29)28-8-3-4-10-30(28)40-31/h3-5,8-19,25,35H,6-7,20-22H2,1-2H3,(H,36,37)/t25-/m0/s1. The second-order valence-electron chi connectivity index (χ2n) is 11.0. The Labute approximate surface area is 238 Å². The number of benzene rings is 4. The van der Waals surface area contributed by atoms with Crippen molar-refractivity contribution in [3.63, 3.8) is 0 Å². The molecule has 0 spiro atoms. The number of aromatic carboxylic acids is 1. The Balaban J connectivity index is 1.09. The predicted octanol–water partition coefficient (Wildman–Crippen LogP) is 8.72. The van der Waals surface area contributed by atoms with Crippen molar-refractivity contribution in [2.24, 2.45) is 5.41 Å². The van der Waals surface area contributed by atoms with E-state index in [4.69, 9.17) is 14.6 Å². The molecule has 0 amide bonds. The van der Waals surface area contributed by atoms with Crippen LogP contribution in [0.5, 0.6) is 17.2 Å². The van der Waals surface area contributed by atoms with Crippen molar-refractivity contribution < 1.29 is 24.5 Å². The van der Waals surface area contributed by atoms with Crippen molar-refractivity contribution in [3.8, 4) is 17.2 Å². The van der Waals surface area contributed by atoms with Gasteiger partial charge in [0.1, 0.15) is 23.9 Å². The van der Waals surface area contributed by atoms with E-state index in [1.54, 1.807) is 23.5 Å². The molecule has 5 aromatic rings. The first kappa shape index (κ1) is 27.7. The van der Waals surface area contributed by atoms with Crippen molar-refractivity contribution in [1.29, 1.82) is 0 Å². The Hall–Kier alpha value is -3.87. The van der Waals surface area contributed by atoms with Crippen LogP contribution in [-0.2, 0) is 6.42 Å². The molecule has 206 valence electrons. The van der Waals surface area contributed by atoms with Crippen molar-refractivity contribution in [2.75, 3.05) is 6.61 Å². The number of carboxylic acids is 1. The first-order valence-electron chi connectivity index (χ1n) is 13.6. The van der Waals surface area contributed by atoms with Gasteiger partial charge < -0.3 is 19.7 Å². The molecule has 0 fully saturated rings. The summed E-state index contributed by atoms with van der Waals surface area (Å²) < 4.78 is 14.4. The largest absolute Gasteiger partial charge is 0.490 e. The molecule has 5 nitrogen and oxygen atoms in total. The topological polar surface area (TPSA) is 76.0 Å². The van der Waals surface area contributed by atoms with Gasteiger partial charge in [-0.1, -0.05) is 56.7 Å². The lowest BCUT2D eigenvalue weighted by atomic mass is 9.81. The van der Waals surface area contributed by atoms with E-state index in [-0.39, 0.29) is 17.6 Å². The van der Waals surface area contributed by atoms with E-state index in [9.17, 15) is 9.90 Å². The zero-order chi connectivity index (χ0) is 28.1. The summed E-state index contributed by atoms with van der Waals surface area (Å²) in [4.78, 5) is 11.0. The van der Waals surface area contributed by atoms with Crippen LogP contribution in [0.1, 0.15) is 49.0 Å². The summed E-state index contributed by atoms with van der Waals surface area (Å²) in [6.45, 7) is 4.80. The third-order valence-corrected chi connectivity index (χ3v) is 8.27. The van der Waals surface area contributed by atoms with Crippen LogP contribution in [0.3, 0.4) is 0 Å². The first-order valence-corrected chi connectivity index (χ1v) is 14.4. The molecule has 0 aliphatic heterocycles. The molecule has 2 N–H and O–H groups in total. The molecule has 0 saturated heterocycles. The van der Waals surface area contributed by atoms with Gasteiger partial charge in [0.25, 0.3) is 0 Å². The minimum atomic E-state index is -0.956. The summed E-state index contributed by atoms with van der Waals surface area (Å²) in [5.41, 5.74) is 1.53. The molecule has 5 rings (SSSR count). The quantitative estimate of drug-likeness (QED) is 0.161. The highest BCUT2D eigenvalue weighted by Crippen LogP contribution is 2.39. The normalized spacial score (nSPS) is 12.5. The average molecular weight is 555 g/mol. The van der Waals surface area contributed by atoms with Crippen LogP contribution in [-0.4, -0.2) is 28.9 Å². The van der Waals surface area contributed by atoms with Gasteiger partial charge in [0.2, 0.25) is 0 Å². The van der Waals surface area contributed by atoms with Crippen LogP contribution in [0.25, 0.3) is 20.2 Å². The van der Waals surface area contributed by atoms with Crippen LogP contribution in [0, 0.1) is 5.41 Å². The molecule has 40 heavy (non-hydrogen) atoms. The number of thiophene rings is 1. The molecular formula is C34H34O5S. The van der Waals surface area contributed by atoms with E-state index in [1.165, 1.54) is 32.5 Å². The number of aliphatic hydroxyl groups is 1. The van der Waals surface area contributed by atoms with E-state index in [1.807, 2.05) is 30.3 Å². The molecule has 1 atom stereocenters. The first-order chi connectivity index (χ1) is 19.3. The number of carboxylic acid groups (broad SMARTS) is 1. The van der Waals surface area contributed by atoms with Gasteiger partial charge in [0.05, 0.1) is 11.7 Å². The third kappa shape index (κ3) is 6.82. The van der Waals surface area contributed by atoms with Gasteiger partial charge in [-0.3, -0.25) is 0 Å². The maximum atomic E-state index is 11.0. The zero-order valence-corrected chi connectivity index (χ0v) is 23.6. The van der Waals surface area contributed by atoms with Crippen molar-refractivity contribution in [3.05, 3.63) is 102 Å². The van der Waals surface area contributed by atoms with E-state index >= 15 is 0 Å². The van der Waals surface area contributed by atoms with E-state index in [0.717, 1.165) is 30.4 Å². The molecule has 1 heterocycles. The molecule has 0 saturated carbocycles. The Morgan fingerprint density at radius 1 is 0.875 bits per heavy atom. The van der Waals surface area contributed by atoms with Crippen LogP contribution in [0.15, 0.2) is 91.0 Å². The van der Waals surface area contributed by atoms with Gasteiger partial charge in [-0.2, -0.15) is 0 Å². The lowest BCUT2D eigenvalue weighted by Gasteiger charge is -2.25. The maximum absolute atomic E-state index is 11.0. The van der Waals surface area contributed by atoms with E-state index in [2.05, 4.69) is 50.2 Å². The third-order valence-electron chi connectivity index (χ3n) is 7.13. The number of carbonyl (C=O) groups is 1. The van der Waals surface area contributed by atoms with Crippen LogP contribution < -0.4 is 9.47 Å². The van der Waals surface area contributed by atoms with Gasteiger partial charge in [0.15, 0.2) is 0 Å². The SMILES string of the molecule is CC(C)(CCC[C@H](O)COc1cccc2sc3ccccc3c12)Cc1ccc(Oc2ccc(C(=O)O)cc2)cc1. The fraction of sp³-hybridized carbons (Fsp3) is 0.265. The fourth-order valence-electron chi connectivity index (χ4n) is 5.07. The van der Waals surface area contributed by atoms with Crippen molar-refractivity contribution in [2.45, 2.75) is 45.6 Å². The highest BCUT2D eigenvalue weighted by molar-refractivity contribution is 7.25. The van der Waals surface area contributed by atoms with Crippen LogP contribution in [0.2, 0.25) is 0 Å². The van der Waals surface area contributed by atoms with E-state index in [0.29, 0.717) is 17.9 Å². The van der Waals surface area contributed by atoms with E-state index < -0.39 is 12.1 Å². The lowest BCUT2D eigenvalue weighted by molar-refractivity contribution is 0.0697. The van der Waals surface area contributed by atoms with Gasteiger partial charge in [-0.25, -0.2) is 4.79 Å². The minimum absolute atomic E-state index is 0.0802. The summed E-state index contributed by atoms with van der Waals surface area (Å²) >= 11 is 1.76. The summed E-state index contributed by atoms with van der Waals surface area (Å²) in [6, 6.07) is 28.9.